The molecule has 0 amide bonds. The maximum atomic E-state index is 5.35. The Morgan fingerprint density at radius 2 is 1.83 bits per heavy atom. The number of anilines is 1. The summed E-state index contributed by atoms with van der Waals surface area (Å²) in [5.41, 5.74) is 1.29. The molecule has 9 nitrogen and oxygen atoms in total. The van der Waals surface area contributed by atoms with Crippen LogP contribution < -0.4 is 14.8 Å². The first-order chi connectivity index (χ1) is 11.3. The zero-order chi connectivity index (χ0) is 16.2. The van der Waals surface area contributed by atoms with Crippen LogP contribution in [-0.2, 0) is 0 Å². The summed E-state index contributed by atoms with van der Waals surface area (Å²) in [5, 5.41) is 11.4. The molecule has 0 fully saturated rings. The second-order valence-corrected chi connectivity index (χ2v) is 4.42. The molecule has 0 aromatic carbocycles. The fourth-order valence-corrected chi connectivity index (χ4v) is 2.18. The Labute approximate surface area is 132 Å². The Kier molecular flexibility index (Phi) is 4.00. The Bertz CT molecular complexity index is 782. The summed E-state index contributed by atoms with van der Waals surface area (Å²) >= 11 is 0. The lowest BCUT2D eigenvalue weighted by Crippen LogP contribution is -2.09. The van der Waals surface area contributed by atoms with Crippen LogP contribution in [0, 0.1) is 0 Å². The zero-order valence-corrected chi connectivity index (χ0v) is 12.9. The number of hydrogen-bond acceptors (Lipinski definition) is 8. The lowest BCUT2D eigenvalue weighted by atomic mass is 10.2. The highest BCUT2D eigenvalue weighted by molar-refractivity contribution is 5.64. The molecule has 3 heterocycles. The van der Waals surface area contributed by atoms with Crippen molar-refractivity contribution in [1.29, 1.82) is 0 Å². The smallest absolute Gasteiger partial charge is 0.245 e. The molecule has 0 saturated heterocycles. The van der Waals surface area contributed by atoms with Crippen molar-refractivity contribution in [2.24, 2.45) is 0 Å². The number of nitrogens with zero attached hydrogens (tertiary/aromatic N) is 6. The number of rotatable bonds is 5. The van der Waals surface area contributed by atoms with Crippen molar-refractivity contribution >= 4 is 5.95 Å². The van der Waals surface area contributed by atoms with E-state index in [4.69, 9.17) is 9.47 Å². The van der Waals surface area contributed by atoms with E-state index < -0.39 is 0 Å². The largest absolute Gasteiger partial charge is 0.479 e. The molecule has 0 bridgehead atoms. The molecule has 0 aliphatic rings. The summed E-state index contributed by atoms with van der Waals surface area (Å²) in [6.45, 7) is 0. The van der Waals surface area contributed by atoms with E-state index in [1.165, 1.54) is 20.5 Å². The van der Waals surface area contributed by atoms with E-state index in [0.717, 1.165) is 5.56 Å². The van der Waals surface area contributed by atoms with Gasteiger partial charge in [0.1, 0.15) is 6.33 Å². The van der Waals surface area contributed by atoms with Gasteiger partial charge < -0.3 is 14.8 Å². The highest BCUT2D eigenvalue weighted by atomic mass is 16.5. The molecule has 3 aromatic rings. The van der Waals surface area contributed by atoms with Gasteiger partial charge in [-0.1, -0.05) is 0 Å². The van der Waals surface area contributed by atoms with Gasteiger partial charge in [0.05, 0.1) is 14.2 Å². The number of hydrogen-bond donors (Lipinski definition) is 1. The van der Waals surface area contributed by atoms with E-state index in [-0.39, 0.29) is 0 Å². The number of methoxy groups -OCH3 is 2. The molecule has 3 aromatic heterocycles. The van der Waals surface area contributed by atoms with Gasteiger partial charge in [-0.25, -0.2) is 0 Å². The van der Waals surface area contributed by atoms with Gasteiger partial charge >= 0.3 is 0 Å². The minimum atomic E-state index is 0.346. The van der Waals surface area contributed by atoms with Crippen molar-refractivity contribution in [2.75, 3.05) is 26.6 Å². The molecule has 0 saturated carbocycles. The molecule has 0 atom stereocenters. The van der Waals surface area contributed by atoms with Crippen molar-refractivity contribution in [1.82, 2.24) is 29.7 Å². The van der Waals surface area contributed by atoms with Crippen LogP contribution >= 0.6 is 0 Å². The van der Waals surface area contributed by atoms with E-state index in [2.05, 4.69) is 30.5 Å². The van der Waals surface area contributed by atoms with Gasteiger partial charge in [-0.3, -0.25) is 9.55 Å². The Morgan fingerprint density at radius 1 is 1.09 bits per heavy atom. The molecule has 23 heavy (non-hydrogen) atoms. The van der Waals surface area contributed by atoms with Crippen molar-refractivity contribution < 1.29 is 9.47 Å². The maximum absolute atomic E-state index is 5.35. The minimum absolute atomic E-state index is 0.346. The Balaban J connectivity index is 2.31. The summed E-state index contributed by atoms with van der Waals surface area (Å²) < 4.78 is 12.4. The molecule has 0 radical (unpaired) electrons. The van der Waals surface area contributed by atoms with Crippen LogP contribution in [0.25, 0.3) is 17.1 Å². The van der Waals surface area contributed by atoms with Crippen LogP contribution in [-0.4, -0.2) is 51.0 Å². The normalized spacial score (nSPS) is 10.4. The molecule has 0 spiro atoms. The van der Waals surface area contributed by atoms with Crippen LogP contribution in [0.2, 0.25) is 0 Å². The van der Waals surface area contributed by atoms with Gasteiger partial charge in [-0.05, 0) is 12.1 Å². The average Bonchev–Trinajstić information content (AvgIpc) is 3.05. The first kappa shape index (κ1) is 14.7. The van der Waals surface area contributed by atoms with Crippen molar-refractivity contribution in [3.8, 4) is 28.8 Å². The average molecular weight is 313 g/mol. The second-order valence-electron chi connectivity index (χ2n) is 4.42. The van der Waals surface area contributed by atoms with E-state index in [0.29, 0.717) is 29.2 Å². The monoisotopic (exact) mass is 313 g/mol. The fraction of sp³-hybridized carbons (Fsp3) is 0.214. The summed E-state index contributed by atoms with van der Waals surface area (Å²) in [4.78, 5) is 12.4. The lowest BCUT2D eigenvalue weighted by Gasteiger charge is -2.14. The third-order valence-corrected chi connectivity index (χ3v) is 3.17. The minimum Gasteiger partial charge on any atom is -0.479 e. The predicted molar refractivity (Wildman–Crippen MR) is 82.8 cm³/mol. The molecule has 118 valence electrons. The zero-order valence-electron chi connectivity index (χ0n) is 12.9. The SMILES string of the molecule is CNc1nnc(-c2cccnc2)n1-c1c(OC)ncnc1OC. The van der Waals surface area contributed by atoms with Crippen molar-refractivity contribution in [2.45, 2.75) is 0 Å². The summed E-state index contributed by atoms with van der Waals surface area (Å²) in [6, 6.07) is 3.71. The molecule has 3 rings (SSSR count). The first-order valence-corrected chi connectivity index (χ1v) is 6.77. The molecular formula is C14H15N7O2. The van der Waals surface area contributed by atoms with Gasteiger partial charge in [-0.2, -0.15) is 9.97 Å². The quantitative estimate of drug-likeness (QED) is 0.749. The Morgan fingerprint density at radius 3 is 2.39 bits per heavy atom. The van der Waals surface area contributed by atoms with E-state index in [1.807, 2.05) is 12.1 Å². The summed E-state index contributed by atoms with van der Waals surface area (Å²) in [6.07, 6.45) is 4.76. The van der Waals surface area contributed by atoms with Crippen LogP contribution in [0.5, 0.6) is 11.8 Å². The number of pyridine rings is 1. The van der Waals surface area contributed by atoms with E-state index in [1.54, 1.807) is 24.0 Å². The van der Waals surface area contributed by atoms with Crippen LogP contribution in [0.15, 0.2) is 30.9 Å². The van der Waals surface area contributed by atoms with Crippen LogP contribution in [0.1, 0.15) is 0 Å². The topological polar surface area (TPSA) is 99.9 Å². The molecule has 0 aliphatic carbocycles. The first-order valence-electron chi connectivity index (χ1n) is 6.77. The number of aromatic nitrogens is 6. The summed E-state index contributed by atoms with van der Waals surface area (Å²) in [5.74, 6) is 1.75. The fourth-order valence-electron chi connectivity index (χ4n) is 2.18. The molecule has 0 unspecified atom stereocenters. The predicted octanol–water partition coefficient (Wildman–Crippen LogP) is 1.18. The number of ether oxygens (including phenoxy) is 2. The molecule has 0 aliphatic heterocycles. The second kappa shape index (κ2) is 6.26. The highest BCUT2D eigenvalue weighted by Crippen LogP contribution is 2.34. The molecule has 1 N–H and O–H groups in total. The van der Waals surface area contributed by atoms with E-state index >= 15 is 0 Å². The number of nitrogens with one attached hydrogen (secondary N) is 1. The third-order valence-electron chi connectivity index (χ3n) is 3.17. The third kappa shape index (κ3) is 2.52. The summed E-state index contributed by atoms with van der Waals surface area (Å²) in [7, 11) is 4.80. The van der Waals surface area contributed by atoms with Gasteiger partial charge in [0.25, 0.3) is 0 Å². The standard InChI is InChI=1S/C14H15N7O2/c1-15-14-20-19-11(9-5-4-6-16-7-9)21(14)10-12(22-2)17-8-18-13(10)23-3/h4-8H,1-3H3,(H,15,20). The van der Waals surface area contributed by atoms with Gasteiger partial charge in [0.2, 0.25) is 17.7 Å². The van der Waals surface area contributed by atoms with Gasteiger partial charge in [0.15, 0.2) is 11.5 Å². The van der Waals surface area contributed by atoms with Crippen molar-refractivity contribution in [3.05, 3.63) is 30.9 Å². The highest BCUT2D eigenvalue weighted by Gasteiger charge is 2.23. The lowest BCUT2D eigenvalue weighted by molar-refractivity contribution is 0.368. The Hall–Kier alpha value is -3.23. The maximum Gasteiger partial charge on any atom is 0.245 e. The molecular weight excluding hydrogens is 298 g/mol. The van der Waals surface area contributed by atoms with Crippen LogP contribution in [0.3, 0.4) is 0 Å². The van der Waals surface area contributed by atoms with Gasteiger partial charge in [-0.15, -0.1) is 10.2 Å². The molecule has 9 heteroatoms. The van der Waals surface area contributed by atoms with Gasteiger partial charge in [0, 0.05) is 25.0 Å². The van der Waals surface area contributed by atoms with E-state index in [9.17, 15) is 0 Å². The van der Waals surface area contributed by atoms with Crippen LogP contribution in [0.4, 0.5) is 5.95 Å². The van der Waals surface area contributed by atoms with Crippen molar-refractivity contribution in [3.63, 3.8) is 0 Å².